The minimum absolute atomic E-state index is 0.00566. The zero-order valence-electron chi connectivity index (χ0n) is 19.4. The normalized spacial score (nSPS) is 21.0. The number of piperidine rings is 1. The number of carbonyl (C=O) groups is 2. The van der Waals surface area contributed by atoms with Crippen molar-refractivity contribution in [2.24, 2.45) is 10.9 Å². The summed E-state index contributed by atoms with van der Waals surface area (Å²) in [6, 6.07) is 18.0. The minimum atomic E-state index is -0.0970. The van der Waals surface area contributed by atoms with Crippen molar-refractivity contribution in [1.29, 1.82) is 0 Å². The molecule has 33 heavy (non-hydrogen) atoms. The van der Waals surface area contributed by atoms with Gasteiger partial charge in [0.2, 0.25) is 5.91 Å². The van der Waals surface area contributed by atoms with Gasteiger partial charge in [-0.1, -0.05) is 42.5 Å². The quantitative estimate of drug-likeness (QED) is 0.730. The van der Waals surface area contributed by atoms with Crippen LogP contribution in [0.5, 0.6) is 0 Å². The van der Waals surface area contributed by atoms with Gasteiger partial charge >= 0.3 is 0 Å². The number of Topliss-reactive ketones (excluding diaryl/α,β-unsaturated/α-hetero) is 1. The van der Waals surface area contributed by atoms with Crippen LogP contribution in [0.2, 0.25) is 0 Å². The number of hydrogen-bond donors (Lipinski definition) is 1. The van der Waals surface area contributed by atoms with Crippen molar-refractivity contribution in [1.82, 2.24) is 10.2 Å². The number of fused-ring (bicyclic) bond motifs is 1. The predicted molar refractivity (Wildman–Crippen MR) is 133 cm³/mol. The van der Waals surface area contributed by atoms with Gasteiger partial charge in [-0.2, -0.15) is 0 Å². The molecule has 2 aliphatic rings. The van der Waals surface area contributed by atoms with Crippen molar-refractivity contribution in [3.63, 3.8) is 0 Å². The summed E-state index contributed by atoms with van der Waals surface area (Å²) >= 11 is 0. The molecule has 1 saturated heterocycles. The summed E-state index contributed by atoms with van der Waals surface area (Å²) < 4.78 is 0. The third-order valence-electron chi connectivity index (χ3n) is 6.66. The lowest BCUT2D eigenvalue weighted by molar-refractivity contribution is -0.134. The van der Waals surface area contributed by atoms with Gasteiger partial charge in [0.15, 0.2) is 0 Å². The fourth-order valence-electron chi connectivity index (χ4n) is 4.67. The molecule has 0 spiro atoms. The lowest BCUT2D eigenvalue weighted by Gasteiger charge is -2.33. The number of anilines is 1. The predicted octanol–water partition coefficient (Wildman–Crippen LogP) is 4.05. The van der Waals surface area contributed by atoms with Crippen LogP contribution in [-0.4, -0.2) is 49.6 Å². The van der Waals surface area contributed by atoms with Crippen LogP contribution in [0.4, 0.5) is 5.69 Å². The van der Waals surface area contributed by atoms with Gasteiger partial charge in [0, 0.05) is 44.4 Å². The first-order valence-corrected chi connectivity index (χ1v) is 11.6. The lowest BCUT2D eigenvalue weighted by atomic mass is 9.86. The summed E-state index contributed by atoms with van der Waals surface area (Å²) in [6.45, 7) is 3.66. The van der Waals surface area contributed by atoms with Gasteiger partial charge in [0.05, 0.1) is 18.9 Å². The number of allylic oxidation sites excluding steroid dienone is 1. The third-order valence-corrected chi connectivity index (χ3v) is 6.66. The minimum Gasteiger partial charge on any atom is -0.369 e. The average Bonchev–Trinajstić information content (AvgIpc) is 2.85. The second-order valence-electron chi connectivity index (χ2n) is 8.91. The van der Waals surface area contributed by atoms with Crippen LogP contribution in [-0.2, 0) is 9.59 Å². The molecule has 4 rings (SSSR count). The third kappa shape index (κ3) is 5.51. The highest BCUT2D eigenvalue weighted by molar-refractivity contribution is 5.84. The van der Waals surface area contributed by atoms with E-state index in [1.807, 2.05) is 72.4 Å². The first-order chi connectivity index (χ1) is 16.0. The van der Waals surface area contributed by atoms with Crippen molar-refractivity contribution >= 4 is 29.3 Å². The number of likely N-dealkylation sites (N-methyl/N-ethyl adjacent to an activating group) is 1. The Balaban J connectivity index is 1.33. The van der Waals surface area contributed by atoms with Gasteiger partial charge in [-0.3, -0.25) is 9.59 Å². The van der Waals surface area contributed by atoms with Crippen LogP contribution in [0, 0.1) is 5.92 Å². The Labute approximate surface area is 196 Å². The number of rotatable bonds is 6. The van der Waals surface area contributed by atoms with Crippen LogP contribution >= 0.6 is 0 Å². The van der Waals surface area contributed by atoms with Crippen molar-refractivity contribution in [2.75, 3.05) is 31.6 Å². The molecule has 6 nitrogen and oxygen atoms in total. The summed E-state index contributed by atoms with van der Waals surface area (Å²) in [7, 11) is 1.93. The maximum atomic E-state index is 13.2. The van der Waals surface area contributed by atoms with E-state index in [4.69, 9.17) is 0 Å². The maximum absolute atomic E-state index is 13.2. The number of para-hydroxylation sites is 1. The number of nitrogens with one attached hydrogen (secondary N) is 1. The molecule has 1 amide bonds. The SMILES string of the molecule is C/C1=C\N=C/NC(CC(=O)C2CCN(C(=O)CN(C)c3ccccc3)CC2)c2ccccc21. The van der Waals surface area contributed by atoms with E-state index in [1.165, 1.54) is 0 Å². The van der Waals surface area contributed by atoms with Gasteiger partial charge in [-0.25, -0.2) is 4.99 Å². The van der Waals surface area contributed by atoms with Gasteiger partial charge in [0.25, 0.3) is 0 Å². The van der Waals surface area contributed by atoms with Gasteiger partial charge < -0.3 is 15.1 Å². The molecular weight excluding hydrogens is 412 g/mol. The summed E-state index contributed by atoms with van der Waals surface area (Å²) in [4.78, 5) is 34.1. The molecular formula is C27H32N4O2. The molecule has 1 unspecified atom stereocenters. The molecule has 2 aromatic carbocycles. The zero-order valence-corrected chi connectivity index (χ0v) is 19.4. The standard InChI is InChI=1S/C27H32N4O2/c1-20-17-28-19-29-25(24-11-7-6-10-23(20)24)16-26(32)21-12-14-31(15-13-21)27(33)18-30(2)22-8-4-3-5-9-22/h3-11,17,19,21,25H,12-16,18H2,1-2H3,(H,28,29)/b20-17+. The second-order valence-corrected chi connectivity index (χ2v) is 8.91. The Morgan fingerprint density at radius 1 is 1.06 bits per heavy atom. The molecule has 2 heterocycles. The van der Waals surface area contributed by atoms with Crippen molar-refractivity contribution < 1.29 is 9.59 Å². The van der Waals surface area contributed by atoms with Crippen LogP contribution in [0.1, 0.15) is 43.4 Å². The van der Waals surface area contributed by atoms with E-state index >= 15 is 0 Å². The van der Waals surface area contributed by atoms with Crippen LogP contribution in [0.25, 0.3) is 5.57 Å². The Morgan fingerprint density at radius 2 is 1.76 bits per heavy atom. The number of likely N-dealkylation sites (tertiary alicyclic amines) is 1. The topological polar surface area (TPSA) is 65.0 Å². The molecule has 0 bridgehead atoms. The van der Waals surface area contributed by atoms with Crippen molar-refractivity contribution in [2.45, 2.75) is 32.2 Å². The van der Waals surface area contributed by atoms with Crippen molar-refractivity contribution in [3.8, 4) is 0 Å². The highest BCUT2D eigenvalue weighted by atomic mass is 16.2. The summed E-state index contributed by atoms with van der Waals surface area (Å²) in [5, 5.41) is 3.31. The monoisotopic (exact) mass is 444 g/mol. The average molecular weight is 445 g/mol. The van der Waals surface area contributed by atoms with E-state index in [0.717, 1.165) is 35.2 Å². The molecule has 0 saturated carbocycles. The molecule has 0 aromatic heterocycles. The Kier molecular flexibility index (Phi) is 7.23. The number of ketones is 1. The Bertz CT molecular complexity index is 1040. The van der Waals surface area contributed by atoms with Gasteiger partial charge in [-0.05, 0) is 48.6 Å². The Morgan fingerprint density at radius 3 is 2.52 bits per heavy atom. The molecule has 1 N–H and O–H groups in total. The van der Waals surface area contributed by atoms with E-state index in [2.05, 4.69) is 22.4 Å². The van der Waals surface area contributed by atoms with E-state index in [1.54, 1.807) is 6.34 Å². The Hall–Kier alpha value is -3.41. The molecule has 1 fully saturated rings. The smallest absolute Gasteiger partial charge is 0.242 e. The van der Waals surface area contributed by atoms with E-state index < -0.39 is 0 Å². The number of amides is 1. The van der Waals surface area contributed by atoms with Crippen LogP contribution in [0.15, 0.2) is 65.8 Å². The first-order valence-electron chi connectivity index (χ1n) is 11.6. The molecule has 6 heteroatoms. The second kappa shape index (κ2) is 10.5. The fourth-order valence-corrected chi connectivity index (χ4v) is 4.67. The molecule has 172 valence electrons. The summed E-state index contributed by atoms with van der Waals surface area (Å²) in [5.74, 6) is 0.363. The number of carbonyl (C=O) groups excluding carboxylic acids is 2. The largest absolute Gasteiger partial charge is 0.369 e. The number of benzene rings is 2. The first kappa shape index (κ1) is 22.8. The zero-order chi connectivity index (χ0) is 23.2. The van der Waals surface area contributed by atoms with Crippen LogP contribution in [0.3, 0.4) is 0 Å². The lowest BCUT2D eigenvalue weighted by Crippen LogP contribution is -2.44. The highest BCUT2D eigenvalue weighted by Crippen LogP contribution is 2.30. The maximum Gasteiger partial charge on any atom is 0.242 e. The molecule has 0 radical (unpaired) electrons. The van der Waals surface area contributed by atoms with Crippen LogP contribution < -0.4 is 10.2 Å². The molecule has 0 aliphatic carbocycles. The van der Waals surface area contributed by atoms with Gasteiger partial charge in [-0.15, -0.1) is 0 Å². The number of hydrogen-bond acceptors (Lipinski definition) is 5. The van der Waals surface area contributed by atoms with Crippen molar-refractivity contribution in [3.05, 3.63) is 71.9 Å². The fraction of sp³-hybridized carbons (Fsp3) is 0.370. The van der Waals surface area contributed by atoms with E-state index in [9.17, 15) is 9.59 Å². The van der Waals surface area contributed by atoms with E-state index in [-0.39, 0.29) is 23.7 Å². The summed E-state index contributed by atoms with van der Waals surface area (Å²) in [5.41, 5.74) is 4.37. The van der Waals surface area contributed by atoms with E-state index in [0.29, 0.717) is 26.1 Å². The summed E-state index contributed by atoms with van der Waals surface area (Å²) in [6.07, 6.45) is 5.39. The highest BCUT2D eigenvalue weighted by Gasteiger charge is 2.30. The molecule has 1 atom stereocenters. The molecule has 2 aromatic rings. The van der Waals surface area contributed by atoms with Gasteiger partial charge in [0.1, 0.15) is 5.78 Å². The molecule has 2 aliphatic heterocycles. The number of nitrogens with zero attached hydrogens (tertiary/aromatic N) is 3. The number of aliphatic imine (C=N–C) groups is 1.